The summed E-state index contributed by atoms with van der Waals surface area (Å²) in [6.45, 7) is 0. The minimum atomic E-state index is -2.73. The molecule has 0 aliphatic rings. The molecule has 0 aliphatic heterocycles. The zero-order valence-electron chi connectivity index (χ0n) is 7.95. The van der Waals surface area contributed by atoms with Crippen molar-refractivity contribution in [2.24, 2.45) is 0 Å². The molecule has 0 N–H and O–H groups in total. The summed E-state index contributed by atoms with van der Waals surface area (Å²) in [6, 6.07) is 2.39. The monoisotopic (exact) mass is 315 g/mol. The van der Waals surface area contributed by atoms with Crippen molar-refractivity contribution in [2.45, 2.75) is 6.43 Å². The fourth-order valence-corrected chi connectivity index (χ4v) is 2.48. The number of halogens is 6. The molecule has 0 amide bonds. The van der Waals surface area contributed by atoms with Crippen LogP contribution in [0.25, 0.3) is 10.9 Å². The van der Waals surface area contributed by atoms with Crippen LogP contribution in [0.1, 0.15) is 12.1 Å². The Hall–Kier alpha value is -0.350. The van der Waals surface area contributed by atoms with Gasteiger partial charge in [0.05, 0.1) is 25.6 Å². The minimum Gasteiger partial charge on any atom is -0.245 e. The highest BCUT2D eigenvalue weighted by Gasteiger charge is 2.17. The van der Waals surface area contributed by atoms with Crippen LogP contribution in [0, 0.1) is 0 Å². The van der Waals surface area contributed by atoms with Crippen LogP contribution >= 0.6 is 46.4 Å². The van der Waals surface area contributed by atoms with E-state index in [0.29, 0.717) is 0 Å². The summed E-state index contributed by atoms with van der Waals surface area (Å²) >= 11 is 23.5. The third-order valence-electron chi connectivity index (χ3n) is 2.12. The number of fused-ring (bicyclic) bond motifs is 1. The van der Waals surface area contributed by atoms with E-state index in [1.54, 1.807) is 0 Å². The zero-order chi connectivity index (χ0) is 12.7. The molecule has 1 heterocycles. The van der Waals surface area contributed by atoms with E-state index in [2.05, 4.69) is 4.98 Å². The molecule has 2 rings (SSSR count). The van der Waals surface area contributed by atoms with Crippen LogP contribution < -0.4 is 0 Å². The van der Waals surface area contributed by atoms with Crippen LogP contribution in [-0.4, -0.2) is 4.98 Å². The number of nitrogens with zero attached hydrogens (tertiary/aromatic N) is 1. The highest BCUT2D eigenvalue weighted by Crippen LogP contribution is 2.39. The topological polar surface area (TPSA) is 12.9 Å². The standard InChI is InChI=1S/C10H3Cl4F2N/c11-3-2-6(10(15)16)17-9-5(13)1-4(12)8(14)7(3)9/h1-2,10H. The Kier molecular flexibility index (Phi) is 3.64. The normalized spacial score (nSPS) is 11.5. The predicted octanol–water partition coefficient (Wildman–Crippen LogP) is 5.79. The lowest BCUT2D eigenvalue weighted by Crippen LogP contribution is -1.93. The molecule has 2 aromatic rings. The molecule has 17 heavy (non-hydrogen) atoms. The van der Waals surface area contributed by atoms with Crippen LogP contribution in [-0.2, 0) is 0 Å². The summed E-state index contributed by atoms with van der Waals surface area (Å²) in [6.07, 6.45) is -2.73. The SMILES string of the molecule is FC(F)c1cc(Cl)c2c(Cl)c(Cl)cc(Cl)c2n1. The van der Waals surface area contributed by atoms with Gasteiger partial charge in [-0.2, -0.15) is 0 Å². The lowest BCUT2D eigenvalue weighted by Gasteiger charge is -2.08. The van der Waals surface area contributed by atoms with E-state index in [9.17, 15) is 8.78 Å². The molecule has 90 valence electrons. The molecule has 1 nitrogen and oxygen atoms in total. The highest BCUT2D eigenvalue weighted by atomic mass is 35.5. The second kappa shape index (κ2) is 4.73. The summed E-state index contributed by atoms with van der Waals surface area (Å²) in [4.78, 5) is 3.73. The van der Waals surface area contributed by atoms with Gasteiger partial charge in [0, 0.05) is 5.39 Å². The number of hydrogen-bond acceptors (Lipinski definition) is 1. The Bertz CT molecular complexity index is 601. The number of pyridine rings is 1. The van der Waals surface area contributed by atoms with Gasteiger partial charge in [-0.25, -0.2) is 13.8 Å². The van der Waals surface area contributed by atoms with Crippen LogP contribution in [0.15, 0.2) is 12.1 Å². The van der Waals surface area contributed by atoms with E-state index in [1.807, 2.05) is 0 Å². The van der Waals surface area contributed by atoms with Gasteiger partial charge in [-0.15, -0.1) is 0 Å². The van der Waals surface area contributed by atoms with Gasteiger partial charge in [0.1, 0.15) is 5.69 Å². The fourth-order valence-electron chi connectivity index (χ4n) is 1.39. The number of hydrogen-bond donors (Lipinski definition) is 0. The third-order valence-corrected chi connectivity index (χ3v) is 3.50. The maximum Gasteiger partial charge on any atom is 0.280 e. The van der Waals surface area contributed by atoms with E-state index < -0.39 is 12.1 Å². The molecule has 0 saturated heterocycles. The van der Waals surface area contributed by atoms with Crippen molar-refractivity contribution in [2.75, 3.05) is 0 Å². The van der Waals surface area contributed by atoms with Crippen LogP contribution in [0.3, 0.4) is 0 Å². The molecule has 1 aromatic carbocycles. The zero-order valence-corrected chi connectivity index (χ0v) is 11.0. The van der Waals surface area contributed by atoms with Crippen molar-refractivity contribution in [1.82, 2.24) is 4.98 Å². The van der Waals surface area contributed by atoms with E-state index in [0.717, 1.165) is 6.07 Å². The van der Waals surface area contributed by atoms with Crippen molar-refractivity contribution in [3.8, 4) is 0 Å². The maximum atomic E-state index is 12.6. The molecule has 0 aliphatic carbocycles. The molecule has 0 fully saturated rings. The molecule has 0 bridgehead atoms. The largest absolute Gasteiger partial charge is 0.280 e. The highest BCUT2D eigenvalue weighted by molar-refractivity contribution is 6.50. The molecular weight excluding hydrogens is 314 g/mol. The van der Waals surface area contributed by atoms with Gasteiger partial charge in [0.15, 0.2) is 0 Å². The van der Waals surface area contributed by atoms with E-state index in [1.165, 1.54) is 6.07 Å². The Balaban J connectivity index is 2.90. The molecule has 7 heteroatoms. The Morgan fingerprint density at radius 1 is 0.941 bits per heavy atom. The van der Waals surface area contributed by atoms with Crippen LogP contribution in [0.2, 0.25) is 20.1 Å². The minimum absolute atomic E-state index is 0.0414. The van der Waals surface area contributed by atoms with Gasteiger partial charge in [-0.05, 0) is 12.1 Å². The molecule has 0 saturated carbocycles. The summed E-state index contributed by atoms with van der Waals surface area (Å²) < 4.78 is 25.1. The average molecular weight is 317 g/mol. The van der Waals surface area contributed by atoms with Crippen molar-refractivity contribution in [3.63, 3.8) is 0 Å². The number of aromatic nitrogens is 1. The summed E-state index contributed by atoms with van der Waals surface area (Å²) in [7, 11) is 0. The third kappa shape index (κ3) is 2.29. The first-order chi connectivity index (χ1) is 7.91. The first-order valence-corrected chi connectivity index (χ1v) is 5.84. The van der Waals surface area contributed by atoms with Crippen LogP contribution in [0.4, 0.5) is 8.78 Å². The fraction of sp³-hybridized carbons (Fsp3) is 0.100. The molecule has 0 atom stereocenters. The Morgan fingerprint density at radius 3 is 2.18 bits per heavy atom. The molecule has 0 spiro atoms. The number of alkyl halides is 2. The van der Waals surface area contributed by atoms with E-state index in [-0.39, 0.29) is 31.0 Å². The Morgan fingerprint density at radius 2 is 1.59 bits per heavy atom. The first-order valence-electron chi connectivity index (χ1n) is 4.33. The van der Waals surface area contributed by atoms with Crippen molar-refractivity contribution >= 4 is 57.3 Å². The van der Waals surface area contributed by atoms with Crippen molar-refractivity contribution in [1.29, 1.82) is 0 Å². The summed E-state index contributed by atoms with van der Waals surface area (Å²) in [5.41, 5.74) is -0.341. The average Bonchev–Trinajstić information content (AvgIpc) is 2.25. The molecular formula is C10H3Cl4F2N. The summed E-state index contributed by atoms with van der Waals surface area (Å²) in [5, 5.41) is 0.774. The molecule has 0 unspecified atom stereocenters. The lowest BCUT2D eigenvalue weighted by atomic mass is 10.2. The van der Waals surface area contributed by atoms with Gasteiger partial charge >= 0.3 is 0 Å². The number of rotatable bonds is 1. The molecule has 0 radical (unpaired) electrons. The maximum absolute atomic E-state index is 12.6. The van der Waals surface area contributed by atoms with Gasteiger partial charge < -0.3 is 0 Å². The van der Waals surface area contributed by atoms with Crippen molar-refractivity contribution < 1.29 is 8.78 Å². The second-order valence-corrected chi connectivity index (χ2v) is 4.81. The van der Waals surface area contributed by atoms with Gasteiger partial charge in [-0.1, -0.05) is 46.4 Å². The smallest absolute Gasteiger partial charge is 0.245 e. The van der Waals surface area contributed by atoms with E-state index >= 15 is 0 Å². The first kappa shape index (κ1) is 13.1. The van der Waals surface area contributed by atoms with E-state index in [4.69, 9.17) is 46.4 Å². The predicted molar refractivity (Wildman–Crippen MR) is 66.7 cm³/mol. The number of benzene rings is 1. The van der Waals surface area contributed by atoms with Gasteiger partial charge in [0.2, 0.25) is 0 Å². The van der Waals surface area contributed by atoms with Gasteiger partial charge in [-0.3, -0.25) is 0 Å². The van der Waals surface area contributed by atoms with Gasteiger partial charge in [0.25, 0.3) is 6.43 Å². The van der Waals surface area contributed by atoms with Crippen LogP contribution in [0.5, 0.6) is 0 Å². The molecule has 1 aromatic heterocycles. The lowest BCUT2D eigenvalue weighted by molar-refractivity contribution is 0.146. The second-order valence-electron chi connectivity index (χ2n) is 3.21. The van der Waals surface area contributed by atoms with Crippen molar-refractivity contribution in [3.05, 3.63) is 37.9 Å². The quantitative estimate of drug-likeness (QED) is 0.607. The Labute approximate surface area is 115 Å². The summed E-state index contributed by atoms with van der Waals surface area (Å²) in [5.74, 6) is 0.